The van der Waals surface area contributed by atoms with Gasteiger partial charge in [0, 0.05) is 11.9 Å². The Hall–Kier alpha value is -1.38. The Morgan fingerprint density at radius 1 is 1.57 bits per heavy atom. The molecule has 3 heteroatoms. The summed E-state index contributed by atoms with van der Waals surface area (Å²) in [6.07, 6.45) is 2.47. The van der Waals surface area contributed by atoms with Crippen molar-refractivity contribution in [1.82, 2.24) is 4.98 Å². The van der Waals surface area contributed by atoms with Crippen LogP contribution in [0.3, 0.4) is 0 Å². The first kappa shape index (κ1) is 10.7. The van der Waals surface area contributed by atoms with Crippen LogP contribution in [0.2, 0.25) is 0 Å². The minimum Gasteiger partial charge on any atom is -0.469 e. The molecule has 0 aliphatic heterocycles. The Bertz CT molecular complexity index is 306. The van der Waals surface area contributed by atoms with E-state index in [2.05, 4.69) is 4.98 Å². The van der Waals surface area contributed by atoms with Gasteiger partial charge in [0.2, 0.25) is 0 Å². The summed E-state index contributed by atoms with van der Waals surface area (Å²) in [5.74, 6) is -0.383. The Morgan fingerprint density at radius 2 is 2.29 bits per heavy atom. The zero-order valence-electron chi connectivity index (χ0n) is 8.78. The molecular formula is C11H15NO2. The van der Waals surface area contributed by atoms with Crippen LogP contribution in [-0.4, -0.2) is 18.1 Å². The van der Waals surface area contributed by atoms with E-state index in [1.807, 2.05) is 26.0 Å². The smallest absolute Gasteiger partial charge is 0.313 e. The number of aromatic nitrogens is 1. The van der Waals surface area contributed by atoms with E-state index in [1.165, 1.54) is 7.11 Å². The third-order valence-electron chi connectivity index (χ3n) is 2.23. The van der Waals surface area contributed by atoms with E-state index < -0.39 is 0 Å². The third kappa shape index (κ3) is 2.31. The minimum absolute atomic E-state index is 0.187. The summed E-state index contributed by atoms with van der Waals surface area (Å²) in [5, 5.41) is 0. The molecule has 0 aromatic carbocycles. The molecule has 0 fully saturated rings. The van der Waals surface area contributed by atoms with Crippen molar-refractivity contribution in [3.63, 3.8) is 0 Å². The molecule has 0 amide bonds. The number of hydrogen-bond acceptors (Lipinski definition) is 3. The number of aryl methyl sites for hydroxylation is 1. The molecule has 1 aromatic rings. The van der Waals surface area contributed by atoms with Crippen LogP contribution >= 0.6 is 0 Å². The highest BCUT2D eigenvalue weighted by molar-refractivity contribution is 5.77. The number of methoxy groups -OCH3 is 1. The van der Waals surface area contributed by atoms with Crippen molar-refractivity contribution in [2.24, 2.45) is 0 Å². The standard InChI is InChI=1S/C11H15NO2/c1-4-10(11(13)14-3)9-6-5-8(2)12-7-9/h5-7,10H,4H2,1-3H3. The molecule has 0 aliphatic rings. The molecule has 0 saturated carbocycles. The van der Waals surface area contributed by atoms with Gasteiger partial charge in [0.05, 0.1) is 13.0 Å². The van der Waals surface area contributed by atoms with Crippen molar-refractivity contribution in [3.8, 4) is 0 Å². The molecule has 0 spiro atoms. The van der Waals surface area contributed by atoms with Gasteiger partial charge in [0.1, 0.15) is 0 Å². The predicted octanol–water partition coefficient (Wildman–Crippen LogP) is 2.06. The van der Waals surface area contributed by atoms with Gasteiger partial charge in [-0.15, -0.1) is 0 Å². The number of pyridine rings is 1. The molecule has 1 atom stereocenters. The highest BCUT2D eigenvalue weighted by Gasteiger charge is 2.18. The lowest BCUT2D eigenvalue weighted by Gasteiger charge is -2.11. The van der Waals surface area contributed by atoms with E-state index in [-0.39, 0.29) is 11.9 Å². The Kier molecular flexibility index (Phi) is 3.63. The summed E-state index contributed by atoms with van der Waals surface area (Å²) in [5.41, 5.74) is 1.87. The molecule has 0 bridgehead atoms. The number of carbonyl (C=O) groups excluding carboxylic acids is 1. The van der Waals surface area contributed by atoms with Crippen LogP contribution in [-0.2, 0) is 9.53 Å². The van der Waals surface area contributed by atoms with Crippen LogP contribution in [0, 0.1) is 6.92 Å². The third-order valence-corrected chi connectivity index (χ3v) is 2.23. The largest absolute Gasteiger partial charge is 0.469 e. The van der Waals surface area contributed by atoms with Crippen molar-refractivity contribution in [1.29, 1.82) is 0 Å². The normalized spacial score (nSPS) is 12.2. The van der Waals surface area contributed by atoms with E-state index in [9.17, 15) is 4.79 Å². The number of nitrogens with zero attached hydrogens (tertiary/aromatic N) is 1. The molecule has 0 radical (unpaired) electrons. The SMILES string of the molecule is CCC(C(=O)OC)c1ccc(C)nc1. The summed E-state index contributed by atoms with van der Waals surface area (Å²) < 4.78 is 4.72. The summed E-state index contributed by atoms with van der Waals surface area (Å²) in [6.45, 7) is 3.88. The molecule has 76 valence electrons. The number of hydrogen-bond donors (Lipinski definition) is 0. The van der Waals surface area contributed by atoms with Gasteiger partial charge in [-0.2, -0.15) is 0 Å². The van der Waals surface area contributed by atoms with E-state index in [0.717, 1.165) is 17.7 Å². The van der Waals surface area contributed by atoms with Crippen LogP contribution in [0.15, 0.2) is 18.3 Å². The molecule has 3 nitrogen and oxygen atoms in total. The average molecular weight is 193 g/mol. The maximum Gasteiger partial charge on any atom is 0.313 e. The molecule has 1 aromatic heterocycles. The van der Waals surface area contributed by atoms with Crippen molar-refractivity contribution in [2.75, 3.05) is 7.11 Å². The van der Waals surface area contributed by atoms with E-state index in [1.54, 1.807) is 6.20 Å². The minimum atomic E-state index is -0.196. The van der Waals surface area contributed by atoms with Gasteiger partial charge < -0.3 is 4.74 Å². The maximum absolute atomic E-state index is 11.4. The molecule has 1 unspecified atom stereocenters. The van der Waals surface area contributed by atoms with Gasteiger partial charge in [-0.1, -0.05) is 13.0 Å². The summed E-state index contributed by atoms with van der Waals surface area (Å²) in [7, 11) is 1.41. The van der Waals surface area contributed by atoms with Crippen LogP contribution < -0.4 is 0 Å². The van der Waals surface area contributed by atoms with E-state index in [0.29, 0.717) is 0 Å². The van der Waals surface area contributed by atoms with E-state index in [4.69, 9.17) is 4.74 Å². The average Bonchev–Trinajstić information content (AvgIpc) is 2.21. The molecule has 0 saturated heterocycles. The molecule has 14 heavy (non-hydrogen) atoms. The molecule has 0 aliphatic carbocycles. The van der Waals surface area contributed by atoms with Gasteiger partial charge in [-0.3, -0.25) is 9.78 Å². The Balaban J connectivity index is 2.89. The lowest BCUT2D eigenvalue weighted by molar-refractivity contribution is -0.142. The van der Waals surface area contributed by atoms with Crippen molar-refractivity contribution >= 4 is 5.97 Å². The monoisotopic (exact) mass is 193 g/mol. The highest BCUT2D eigenvalue weighted by atomic mass is 16.5. The lowest BCUT2D eigenvalue weighted by atomic mass is 9.98. The van der Waals surface area contributed by atoms with Crippen molar-refractivity contribution in [2.45, 2.75) is 26.2 Å². The van der Waals surface area contributed by atoms with Gasteiger partial charge >= 0.3 is 5.97 Å². The van der Waals surface area contributed by atoms with Crippen molar-refractivity contribution in [3.05, 3.63) is 29.6 Å². The summed E-state index contributed by atoms with van der Waals surface area (Å²) in [6, 6.07) is 3.83. The first-order valence-electron chi connectivity index (χ1n) is 4.69. The molecule has 1 heterocycles. The van der Waals surface area contributed by atoms with Crippen LogP contribution in [0.5, 0.6) is 0 Å². The Labute approximate surface area is 84.1 Å². The Morgan fingerprint density at radius 3 is 2.71 bits per heavy atom. The zero-order chi connectivity index (χ0) is 10.6. The fourth-order valence-corrected chi connectivity index (χ4v) is 1.37. The fraction of sp³-hybridized carbons (Fsp3) is 0.455. The number of ether oxygens (including phenoxy) is 1. The van der Waals surface area contributed by atoms with Crippen LogP contribution in [0.4, 0.5) is 0 Å². The molecule has 0 N–H and O–H groups in total. The second-order valence-corrected chi connectivity index (χ2v) is 3.22. The predicted molar refractivity (Wildman–Crippen MR) is 54.0 cm³/mol. The van der Waals surface area contributed by atoms with E-state index >= 15 is 0 Å². The number of carbonyl (C=O) groups is 1. The van der Waals surface area contributed by atoms with Crippen molar-refractivity contribution < 1.29 is 9.53 Å². The summed E-state index contributed by atoms with van der Waals surface area (Å²) >= 11 is 0. The van der Waals surface area contributed by atoms with Crippen LogP contribution in [0.1, 0.15) is 30.5 Å². The topological polar surface area (TPSA) is 39.2 Å². The highest BCUT2D eigenvalue weighted by Crippen LogP contribution is 2.19. The second kappa shape index (κ2) is 4.74. The van der Waals surface area contributed by atoms with Gasteiger partial charge in [0.15, 0.2) is 0 Å². The number of rotatable bonds is 3. The first-order chi connectivity index (χ1) is 6.69. The molecule has 1 rings (SSSR count). The summed E-state index contributed by atoms with van der Waals surface area (Å²) in [4.78, 5) is 15.5. The first-order valence-corrected chi connectivity index (χ1v) is 4.69. The molecular weight excluding hydrogens is 178 g/mol. The van der Waals surface area contributed by atoms with Crippen LogP contribution in [0.25, 0.3) is 0 Å². The van der Waals surface area contributed by atoms with Gasteiger partial charge in [0.25, 0.3) is 0 Å². The zero-order valence-corrected chi connectivity index (χ0v) is 8.78. The second-order valence-electron chi connectivity index (χ2n) is 3.22. The number of esters is 1. The van der Waals surface area contributed by atoms with Gasteiger partial charge in [-0.05, 0) is 25.0 Å². The van der Waals surface area contributed by atoms with Gasteiger partial charge in [-0.25, -0.2) is 0 Å². The fourth-order valence-electron chi connectivity index (χ4n) is 1.37. The lowest BCUT2D eigenvalue weighted by Crippen LogP contribution is -2.13. The quantitative estimate of drug-likeness (QED) is 0.690. The maximum atomic E-state index is 11.4.